The minimum absolute atomic E-state index is 0.0753. The first-order valence-electron chi connectivity index (χ1n) is 8.35. The molecule has 0 heterocycles. The summed E-state index contributed by atoms with van der Waals surface area (Å²) in [5.74, 6) is -0.0753. The molecule has 2 nitrogen and oxygen atoms in total. The molecule has 0 atom stereocenters. The van der Waals surface area contributed by atoms with Crippen molar-refractivity contribution >= 4 is 17.5 Å². The van der Waals surface area contributed by atoms with Crippen molar-refractivity contribution < 1.29 is 4.79 Å². The fraction of sp³-hybridized carbons (Fsp3) is 0.136. The molecular weight excluding hydrogens is 330 g/mol. The highest BCUT2D eigenvalue weighted by atomic mass is 35.5. The van der Waals surface area contributed by atoms with E-state index in [1.54, 1.807) is 0 Å². The third-order valence-corrected chi connectivity index (χ3v) is 4.88. The fourth-order valence-electron chi connectivity index (χ4n) is 2.95. The van der Waals surface area contributed by atoms with Gasteiger partial charge in [-0.1, -0.05) is 72.8 Å². The molecule has 3 aromatic carbocycles. The molecule has 0 aliphatic carbocycles. The Morgan fingerprint density at radius 3 is 1.68 bits per heavy atom. The minimum Gasteiger partial charge on any atom is -0.352 e. The highest BCUT2D eigenvalue weighted by Crippen LogP contribution is 2.42. The van der Waals surface area contributed by atoms with Gasteiger partial charge in [-0.25, -0.2) is 0 Å². The maximum Gasteiger partial charge on any atom is 0.251 e. The van der Waals surface area contributed by atoms with Crippen LogP contribution in [-0.4, -0.2) is 12.5 Å². The van der Waals surface area contributed by atoms with Gasteiger partial charge in [0, 0.05) is 12.1 Å². The molecule has 0 saturated heterocycles. The summed E-state index contributed by atoms with van der Waals surface area (Å²) in [6.07, 6.45) is 0. The van der Waals surface area contributed by atoms with Gasteiger partial charge in [-0.15, -0.1) is 11.6 Å². The molecule has 126 valence electrons. The van der Waals surface area contributed by atoms with Crippen molar-refractivity contribution in [2.75, 3.05) is 6.54 Å². The number of carbonyl (C=O) groups excluding carboxylic acids is 1. The quantitative estimate of drug-likeness (QED) is 0.511. The molecule has 0 fully saturated rings. The third-order valence-electron chi connectivity index (χ3n) is 4.23. The van der Waals surface area contributed by atoms with Crippen LogP contribution < -0.4 is 5.32 Å². The molecular formula is C22H20ClNO. The van der Waals surface area contributed by atoms with E-state index in [1.165, 1.54) is 0 Å². The van der Waals surface area contributed by atoms with Crippen molar-refractivity contribution in [2.45, 2.75) is 11.8 Å². The largest absolute Gasteiger partial charge is 0.352 e. The van der Waals surface area contributed by atoms with Crippen molar-refractivity contribution in [1.82, 2.24) is 5.32 Å². The van der Waals surface area contributed by atoms with Gasteiger partial charge >= 0.3 is 0 Å². The first-order valence-corrected chi connectivity index (χ1v) is 8.72. The lowest BCUT2D eigenvalue weighted by molar-refractivity contribution is 0.0956. The zero-order valence-electron chi connectivity index (χ0n) is 14.1. The summed E-state index contributed by atoms with van der Waals surface area (Å²) >= 11 is 7.21. The van der Waals surface area contributed by atoms with Crippen molar-refractivity contribution in [3.05, 3.63) is 107 Å². The van der Waals surface area contributed by atoms with Crippen LogP contribution in [0, 0.1) is 0 Å². The summed E-state index contributed by atoms with van der Waals surface area (Å²) in [6, 6.07) is 27.5. The van der Waals surface area contributed by atoms with Gasteiger partial charge in [-0.3, -0.25) is 4.79 Å². The molecule has 1 amide bonds. The lowest BCUT2D eigenvalue weighted by Crippen LogP contribution is -2.24. The molecule has 25 heavy (non-hydrogen) atoms. The summed E-state index contributed by atoms with van der Waals surface area (Å²) in [5.41, 5.74) is 3.55. The normalized spacial score (nSPS) is 11.1. The Kier molecular flexibility index (Phi) is 5.20. The molecule has 3 aromatic rings. The van der Waals surface area contributed by atoms with Crippen molar-refractivity contribution in [3.8, 4) is 0 Å². The number of hydrogen-bond acceptors (Lipinski definition) is 1. The standard InChI is InChI=1S/C22H20ClNO/c1-2-24-21(25)17-13-15-20(16-14-17)22(23,18-9-5-3-6-10-18)19-11-7-4-8-12-19/h3-16H,2H2,1H3,(H,24,25). The summed E-state index contributed by atoms with van der Waals surface area (Å²) in [5, 5.41) is 2.81. The maximum absolute atomic E-state index is 12.0. The Balaban J connectivity index is 2.09. The van der Waals surface area contributed by atoms with Crippen LogP contribution in [0.15, 0.2) is 84.9 Å². The molecule has 0 bridgehead atoms. The van der Waals surface area contributed by atoms with Crippen molar-refractivity contribution in [2.24, 2.45) is 0 Å². The number of carbonyl (C=O) groups is 1. The highest BCUT2D eigenvalue weighted by Gasteiger charge is 2.33. The van der Waals surface area contributed by atoms with Gasteiger partial charge < -0.3 is 5.32 Å². The number of hydrogen-bond donors (Lipinski definition) is 1. The number of rotatable bonds is 5. The van der Waals surface area contributed by atoms with E-state index in [1.807, 2.05) is 91.9 Å². The third kappa shape index (κ3) is 3.45. The van der Waals surface area contributed by atoms with E-state index >= 15 is 0 Å². The summed E-state index contributed by atoms with van der Waals surface area (Å²) < 4.78 is 0. The zero-order chi connectivity index (χ0) is 17.7. The van der Waals surface area contributed by atoms with E-state index in [0.29, 0.717) is 12.1 Å². The van der Waals surface area contributed by atoms with E-state index in [0.717, 1.165) is 16.7 Å². The lowest BCUT2D eigenvalue weighted by atomic mass is 9.84. The van der Waals surface area contributed by atoms with Gasteiger partial charge in [-0.2, -0.15) is 0 Å². The Morgan fingerprint density at radius 1 is 0.800 bits per heavy atom. The molecule has 0 aliphatic heterocycles. The van der Waals surface area contributed by atoms with Crippen molar-refractivity contribution in [1.29, 1.82) is 0 Å². The molecule has 3 heteroatoms. The van der Waals surface area contributed by atoms with Gasteiger partial charge in [-0.05, 0) is 35.7 Å². The molecule has 0 spiro atoms. The van der Waals surface area contributed by atoms with E-state index in [2.05, 4.69) is 5.32 Å². The monoisotopic (exact) mass is 349 g/mol. The van der Waals surface area contributed by atoms with Crippen LogP contribution in [0.2, 0.25) is 0 Å². The highest BCUT2D eigenvalue weighted by molar-refractivity contribution is 6.28. The van der Waals surface area contributed by atoms with Gasteiger partial charge in [0.05, 0.1) is 0 Å². The molecule has 0 unspecified atom stereocenters. The predicted molar refractivity (Wildman–Crippen MR) is 103 cm³/mol. The molecule has 0 aliphatic rings. The summed E-state index contributed by atoms with van der Waals surface area (Å²) in [4.78, 5) is 11.2. The van der Waals surface area contributed by atoms with Gasteiger partial charge in [0.1, 0.15) is 4.87 Å². The van der Waals surface area contributed by atoms with Crippen LogP contribution in [0.5, 0.6) is 0 Å². The Labute approximate surface area is 153 Å². The van der Waals surface area contributed by atoms with Gasteiger partial charge in [0.25, 0.3) is 5.91 Å². The SMILES string of the molecule is CCNC(=O)c1ccc(C(Cl)(c2ccccc2)c2ccccc2)cc1. The van der Waals surface area contributed by atoms with E-state index < -0.39 is 4.87 Å². The topological polar surface area (TPSA) is 29.1 Å². The van der Waals surface area contributed by atoms with Crippen LogP contribution >= 0.6 is 11.6 Å². The smallest absolute Gasteiger partial charge is 0.251 e. The van der Waals surface area contributed by atoms with E-state index in [-0.39, 0.29) is 5.91 Å². The minimum atomic E-state index is -0.803. The lowest BCUT2D eigenvalue weighted by Gasteiger charge is -2.29. The number of alkyl halides is 1. The van der Waals surface area contributed by atoms with Crippen LogP contribution in [0.25, 0.3) is 0 Å². The van der Waals surface area contributed by atoms with Crippen molar-refractivity contribution in [3.63, 3.8) is 0 Å². The molecule has 1 N–H and O–H groups in total. The molecule has 0 radical (unpaired) electrons. The van der Waals surface area contributed by atoms with E-state index in [9.17, 15) is 4.79 Å². The van der Waals surface area contributed by atoms with Gasteiger partial charge in [0.2, 0.25) is 0 Å². The van der Waals surface area contributed by atoms with Crippen LogP contribution in [0.4, 0.5) is 0 Å². The Bertz CT molecular complexity index is 789. The number of halogens is 1. The summed E-state index contributed by atoms with van der Waals surface area (Å²) in [7, 11) is 0. The van der Waals surface area contributed by atoms with E-state index in [4.69, 9.17) is 11.6 Å². The first-order chi connectivity index (χ1) is 12.2. The second kappa shape index (κ2) is 7.54. The number of nitrogens with one attached hydrogen (secondary N) is 1. The predicted octanol–water partition coefficient (Wildman–Crippen LogP) is 4.97. The fourth-order valence-corrected chi connectivity index (χ4v) is 3.33. The number of amides is 1. The maximum atomic E-state index is 12.0. The van der Waals surface area contributed by atoms with Gasteiger partial charge in [0.15, 0.2) is 0 Å². The average molecular weight is 350 g/mol. The Hall–Kier alpha value is -2.58. The first kappa shape index (κ1) is 17.2. The number of benzene rings is 3. The van der Waals surface area contributed by atoms with Crippen LogP contribution in [0.3, 0.4) is 0 Å². The second-order valence-electron chi connectivity index (χ2n) is 5.83. The molecule has 0 saturated carbocycles. The molecule has 3 rings (SSSR count). The second-order valence-corrected chi connectivity index (χ2v) is 6.39. The van der Waals surface area contributed by atoms with Crippen LogP contribution in [-0.2, 0) is 4.87 Å². The van der Waals surface area contributed by atoms with Crippen LogP contribution in [0.1, 0.15) is 34.0 Å². The molecule has 0 aromatic heterocycles. The summed E-state index contributed by atoms with van der Waals surface area (Å²) in [6.45, 7) is 2.51. The average Bonchev–Trinajstić information content (AvgIpc) is 2.69. The zero-order valence-corrected chi connectivity index (χ0v) is 14.8. The Morgan fingerprint density at radius 2 is 1.24 bits per heavy atom.